The molecule has 3 rings (SSSR count). The molecule has 44 heavy (non-hydrogen) atoms. The van der Waals surface area contributed by atoms with Crippen LogP contribution >= 0.6 is 0 Å². The number of sulfonamides is 1. The van der Waals surface area contributed by atoms with Crippen LogP contribution in [0.5, 0.6) is 11.5 Å². The minimum absolute atomic E-state index is 0.184. The molecule has 4 atom stereocenters. The maximum Gasteiger partial charge on any atom is 0.321 e. The van der Waals surface area contributed by atoms with Crippen LogP contribution in [0.15, 0.2) is 42.5 Å². The summed E-state index contributed by atoms with van der Waals surface area (Å²) in [7, 11) is -0.328. The third kappa shape index (κ3) is 10.3. The van der Waals surface area contributed by atoms with Gasteiger partial charge < -0.3 is 34.4 Å². The maximum absolute atomic E-state index is 14.1. The first-order valence-corrected chi connectivity index (χ1v) is 16.7. The Morgan fingerprint density at radius 1 is 1.16 bits per heavy atom. The first-order valence-electron chi connectivity index (χ1n) is 14.8. The number of rotatable bonds is 8. The normalized spacial score (nSPS) is 20.8. The van der Waals surface area contributed by atoms with E-state index in [9.17, 15) is 23.1 Å². The van der Waals surface area contributed by atoms with Gasteiger partial charge in [0.15, 0.2) is 0 Å². The second kappa shape index (κ2) is 16.0. The van der Waals surface area contributed by atoms with E-state index in [1.54, 1.807) is 67.3 Å². The van der Waals surface area contributed by atoms with Gasteiger partial charge in [0.2, 0.25) is 10.0 Å². The number of nitrogens with zero attached hydrogens (tertiary/aromatic N) is 2. The summed E-state index contributed by atoms with van der Waals surface area (Å²) in [5.41, 5.74) is 1.03. The van der Waals surface area contributed by atoms with E-state index >= 15 is 0 Å². The van der Waals surface area contributed by atoms with Crippen LogP contribution in [-0.2, 0) is 14.8 Å². The van der Waals surface area contributed by atoms with Gasteiger partial charge in [0.25, 0.3) is 5.91 Å². The number of methoxy groups -OCH3 is 1. The number of amides is 3. The first-order chi connectivity index (χ1) is 20.8. The van der Waals surface area contributed by atoms with Crippen molar-refractivity contribution in [3.05, 3.63) is 48.0 Å². The molecule has 1 aliphatic rings. The molecule has 0 aromatic heterocycles. The summed E-state index contributed by atoms with van der Waals surface area (Å²) in [6.45, 7) is 6.24. The zero-order valence-corrected chi connectivity index (χ0v) is 27.2. The van der Waals surface area contributed by atoms with Gasteiger partial charge in [-0.05, 0) is 75.6 Å². The third-order valence-corrected chi connectivity index (χ3v) is 8.10. The van der Waals surface area contributed by atoms with Crippen LogP contribution < -0.4 is 19.5 Å². The van der Waals surface area contributed by atoms with Gasteiger partial charge in [-0.25, -0.2) is 13.2 Å². The Bertz CT molecular complexity index is 1350. The average molecular weight is 635 g/mol. The molecule has 3 N–H and O–H groups in total. The quantitative estimate of drug-likeness (QED) is 0.395. The maximum atomic E-state index is 14.1. The number of fused-ring (bicyclic) bond motifs is 1. The number of carbonyl (C=O) groups excluding carboxylic acids is 2. The Labute approximate surface area is 260 Å². The number of ether oxygens (including phenoxy) is 3. The highest BCUT2D eigenvalue weighted by Gasteiger charge is 2.31. The Morgan fingerprint density at radius 2 is 1.84 bits per heavy atom. The molecule has 12 nitrogen and oxygen atoms in total. The molecular weight excluding hydrogens is 588 g/mol. The number of nitrogens with one attached hydrogen (secondary N) is 2. The zero-order chi connectivity index (χ0) is 32.4. The van der Waals surface area contributed by atoms with Crippen molar-refractivity contribution in [3.63, 3.8) is 0 Å². The number of aliphatic hydroxyl groups excluding tert-OH is 1. The summed E-state index contributed by atoms with van der Waals surface area (Å²) in [6, 6.07) is 10.8. The molecule has 0 fully saturated rings. The summed E-state index contributed by atoms with van der Waals surface area (Å²) < 4.78 is 43.9. The molecule has 2 aromatic carbocycles. The van der Waals surface area contributed by atoms with Crippen LogP contribution in [0.4, 0.5) is 16.2 Å². The van der Waals surface area contributed by atoms with E-state index in [0.29, 0.717) is 30.2 Å². The number of urea groups is 1. The van der Waals surface area contributed by atoms with Gasteiger partial charge in [0.05, 0.1) is 43.8 Å². The predicted molar refractivity (Wildman–Crippen MR) is 170 cm³/mol. The second-order valence-corrected chi connectivity index (χ2v) is 13.2. The Hall–Kier alpha value is -3.55. The van der Waals surface area contributed by atoms with E-state index in [4.69, 9.17) is 14.2 Å². The fourth-order valence-corrected chi connectivity index (χ4v) is 5.46. The van der Waals surface area contributed by atoms with Crippen molar-refractivity contribution in [3.8, 4) is 11.5 Å². The van der Waals surface area contributed by atoms with Crippen LogP contribution in [-0.4, -0.2) is 100 Å². The number of benzene rings is 2. The largest absolute Gasteiger partial charge is 0.497 e. The van der Waals surface area contributed by atoms with Crippen LogP contribution in [0.1, 0.15) is 50.4 Å². The fraction of sp³-hybridized carbons (Fsp3) is 0.548. The molecular formula is C31H46N4O8S. The molecule has 244 valence electrons. The molecule has 2 aromatic rings. The molecule has 0 saturated heterocycles. The van der Waals surface area contributed by atoms with E-state index in [2.05, 4.69) is 10.0 Å². The highest BCUT2D eigenvalue weighted by atomic mass is 32.2. The Kier molecular flexibility index (Phi) is 12.7. The van der Waals surface area contributed by atoms with Gasteiger partial charge in [-0.2, -0.15) is 0 Å². The van der Waals surface area contributed by atoms with Crippen molar-refractivity contribution < 1.29 is 37.3 Å². The van der Waals surface area contributed by atoms with Gasteiger partial charge in [-0.3, -0.25) is 9.52 Å². The lowest BCUT2D eigenvalue weighted by atomic mass is 10.0. The molecule has 0 radical (unpaired) electrons. The number of hydrogen-bond donors (Lipinski definition) is 3. The SMILES string of the molecule is COc1ccc(NC(=O)N(C)C[C@@H]2OCCCC[C@@H](C)Oc3ccc(NS(C)(=O)=O)cc3C(=O)N([C@H](C)CO)C[C@H]2C)cc1. The van der Waals surface area contributed by atoms with Crippen molar-refractivity contribution in [1.29, 1.82) is 0 Å². The molecule has 0 spiro atoms. The minimum Gasteiger partial charge on any atom is -0.497 e. The van der Waals surface area contributed by atoms with Gasteiger partial charge in [-0.1, -0.05) is 6.92 Å². The van der Waals surface area contributed by atoms with Crippen molar-refractivity contribution in [2.75, 3.05) is 56.8 Å². The molecule has 0 bridgehead atoms. The molecule has 13 heteroatoms. The lowest BCUT2D eigenvalue weighted by molar-refractivity contribution is -0.0115. The van der Waals surface area contributed by atoms with Crippen molar-refractivity contribution in [2.45, 2.75) is 58.3 Å². The van der Waals surface area contributed by atoms with Crippen molar-refractivity contribution >= 4 is 33.3 Å². The Morgan fingerprint density at radius 3 is 2.48 bits per heavy atom. The number of anilines is 2. The molecule has 0 aliphatic carbocycles. The molecule has 1 aliphatic heterocycles. The summed E-state index contributed by atoms with van der Waals surface area (Å²) in [6.07, 6.45) is 2.71. The second-order valence-electron chi connectivity index (χ2n) is 11.4. The number of carbonyl (C=O) groups is 2. The summed E-state index contributed by atoms with van der Waals surface area (Å²) in [5, 5.41) is 13.0. The lowest BCUT2D eigenvalue weighted by Gasteiger charge is -2.35. The van der Waals surface area contributed by atoms with Crippen LogP contribution in [0.3, 0.4) is 0 Å². The zero-order valence-electron chi connectivity index (χ0n) is 26.4. The predicted octanol–water partition coefficient (Wildman–Crippen LogP) is 4.03. The van der Waals surface area contributed by atoms with Gasteiger partial charge in [0.1, 0.15) is 11.5 Å². The van der Waals surface area contributed by atoms with Crippen molar-refractivity contribution in [1.82, 2.24) is 9.80 Å². The Balaban J connectivity index is 1.88. The molecule has 1 heterocycles. The van der Waals surface area contributed by atoms with E-state index in [0.717, 1.165) is 19.1 Å². The first kappa shape index (κ1) is 34.9. The topological polar surface area (TPSA) is 147 Å². The van der Waals surface area contributed by atoms with Gasteiger partial charge in [0, 0.05) is 44.0 Å². The number of aliphatic hydroxyl groups is 1. The van der Waals surface area contributed by atoms with Crippen molar-refractivity contribution in [2.24, 2.45) is 5.92 Å². The van der Waals surface area contributed by atoms with E-state index in [1.165, 1.54) is 6.07 Å². The van der Waals surface area contributed by atoms with E-state index in [1.807, 2.05) is 13.8 Å². The smallest absolute Gasteiger partial charge is 0.321 e. The van der Waals surface area contributed by atoms with Crippen LogP contribution in [0.2, 0.25) is 0 Å². The van der Waals surface area contributed by atoms with Crippen LogP contribution in [0, 0.1) is 5.92 Å². The van der Waals surface area contributed by atoms with Gasteiger partial charge >= 0.3 is 6.03 Å². The highest BCUT2D eigenvalue weighted by Crippen LogP contribution is 2.29. The minimum atomic E-state index is -3.59. The number of likely N-dealkylation sites (N-methyl/N-ethyl adjacent to an activating group) is 1. The lowest BCUT2D eigenvalue weighted by Crippen LogP contribution is -2.48. The monoisotopic (exact) mass is 634 g/mol. The summed E-state index contributed by atoms with van der Waals surface area (Å²) in [5.74, 6) is 0.358. The summed E-state index contributed by atoms with van der Waals surface area (Å²) in [4.78, 5) is 30.2. The third-order valence-electron chi connectivity index (χ3n) is 7.50. The summed E-state index contributed by atoms with van der Waals surface area (Å²) >= 11 is 0. The van der Waals surface area contributed by atoms with Crippen LogP contribution in [0.25, 0.3) is 0 Å². The standard InChI is InChI=1S/C31H46N4O8S/c1-21-18-35(22(2)20-36)30(37)27-17-25(33-44(6,39)40)12-15-28(27)43-23(3)9-7-8-16-42-29(21)19-34(4)31(38)32-24-10-13-26(41-5)14-11-24/h10-15,17,21-23,29,33,36H,7-9,16,18-20H2,1-6H3,(H,32,38)/t21-,22-,23-,29+/m1/s1. The highest BCUT2D eigenvalue weighted by molar-refractivity contribution is 7.92. The average Bonchev–Trinajstić information content (AvgIpc) is 2.98. The van der Waals surface area contributed by atoms with E-state index in [-0.39, 0.29) is 49.0 Å². The molecule has 0 unspecified atom stereocenters. The molecule has 3 amide bonds. The fourth-order valence-electron chi connectivity index (χ4n) is 4.91. The number of hydrogen-bond acceptors (Lipinski definition) is 8. The molecule has 0 saturated carbocycles. The van der Waals surface area contributed by atoms with E-state index < -0.39 is 28.1 Å². The van der Waals surface area contributed by atoms with Gasteiger partial charge in [-0.15, -0.1) is 0 Å².